The molecule has 0 unspecified atom stereocenters. The number of aromatic nitrogens is 4. The van der Waals surface area contributed by atoms with Crippen LogP contribution in [-0.2, 0) is 5.41 Å². The third-order valence-electron chi connectivity index (χ3n) is 10.0. The lowest BCUT2D eigenvalue weighted by atomic mass is 9.35. The van der Waals surface area contributed by atoms with Gasteiger partial charge in [0, 0.05) is 48.5 Å². The molecule has 10 rings (SSSR count). The quantitative estimate of drug-likeness (QED) is 0.181. The van der Waals surface area contributed by atoms with Gasteiger partial charge in [-0.1, -0.05) is 141 Å². The van der Waals surface area contributed by atoms with E-state index in [-0.39, 0.29) is 12.1 Å². The van der Waals surface area contributed by atoms with Crippen molar-refractivity contribution in [1.82, 2.24) is 19.5 Å². The molecular formula is C43H31BN4S. The molecule has 49 heavy (non-hydrogen) atoms. The monoisotopic (exact) mass is 646 g/mol. The van der Waals surface area contributed by atoms with Crippen LogP contribution >= 0.6 is 11.8 Å². The van der Waals surface area contributed by atoms with Crippen LogP contribution in [0.25, 0.3) is 61.7 Å². The van der Waals surface area contributed by atoms with Crippen LogP contribution in [0.5, 0.6) is 0 Å². The maximum Gasteiger partial charge on any atom is 0.249 e. The van der Waals surface area contributed by atoms with Crippen LogP contribution in [0.4, 0.5) is 0 Å². The van der Waals surface area contributed by atoms with Crippen LogP contribution in [0.1, 0.15) is 26.3 Å². The molecule has 0 bridgehead atoms. The highest BCUT2D eigenvalue weighted by atomic mass is 32.2. The Morgan fingerprint density at radius 1 is 0.551 bits per heavy atom. The molecular weight excluding hydrogens is 615 g/mol. The van der Waals surface area contributed by atoms with Crippen molar-refractivity contribution in [2.75, 3.05) is 0 Å². The SMILES string of the molecule is CC(C)(C)c1cc2c3c(c1)-n1c4ccccc4c4cc(-c5nc(-c6ccccc6)nc(-c6ccccc6)n5)cc(c41)B3c1ccccc1S2. The highest BCUT2D eigenvalue weighted by Gasteiger charge is 2.40. The van der Waals surface area contributed by atoms with E-state index in [9.17, 15) is 0 Å². The molecule has 2 aliphatic heterocycles. The van der Waals surface area contributed by atoms with Crippen LogP contribution < -0.4 is 16.4 Å². The van der Waals surface area contributed by atoms with Gasteiger partial charge < -0.3 is 4.57 Å². The first-order valence-corrected chi connectivity index (χ1v) is 17.6. The molecule has 0 saturated heterocycles. The third kappa shape index (κ3) is 4.37. The molecule has 0 fully saturated rings. The van der Waals surface area contributed by atoms with Crippen molar-refractivity contribution >= 4 is 56.7 Å². The Kier molecular flexibility index (Phi) is 6.13. The minimum absolute atomic E-state index is 0.0103. The van der Waals surface area contributed by atoms with Crippen LogP contribution in [0.2, 0.25) is 0 Å². The summed E-state index contributed by atoms with van der Waals surface area (Å²) < 4.78 is 2.53. The topological polar surface area (TPSA) is 43.6 Å². The van der Waals surface area contributed by atoms with Gasteiger partial charge in [-0.05, 0) is 52.2 Å². The summed E-state index contributed by atoms with van der Waals surface area (Å²) in [6, 6.07) is 47.8. The fourth-order valence-electron chi connectivity index (χ4n) is 7.68. The van der Waals surface area contributed by atoms with Crippen LogP contribution in [0.3, 0.4) is 0 Å². The van der Waals surface area contributed by atoms with Crippen molar-refractivity contribution in [3.8, 4) is 39.9 Å². The number of fused-ring (bicyclic) bond motifs is 7. The molecule has 0 spiro atoms. The van der Waals surface area contributed by atoms with Gasteiger partial charge in [-0.3, -0.25) is 0 Å². The van der Waals surface area contributed by atoms with Crippen molar-refractivity contribution in [1.29, 1.82) is 0 Å². The fourth-order valence-corrected chi connectivity index (χ4v) is 8.88. The van der Waals surface area contributed by atoms with E-state index in [0.29, 0.717) is 17.5 Å². The minimum atomic E-state index is 0.0103. The summed E-state index contributed by atoms with van der Waals surface area (Å²) >= 11 is 1.91. The lowest BCUT2D eigenvalue weighted by molar-refractivity contribution is 0.588. The van der Waals surface area contributed by atoms with E-state index in [1.54, 1.807) is 0 Å². The van der Waals surface area contributed by atoms with E-state index >= 15 is 0 Å². The summed E-state index contributed by atoms with van der Waals surface area (Å²) in [5.74, 6) is 2.01. The van der Waals surface area contributed by atoms with Crippen molar-refractivity contribution in [3.05, 3.63) is 139 Å². The van der Waals surface area contributed by atoms with Crippen LogP contribution in [0, 0.1) is 0 Å². The van der Waals surface area contributed by atoms with Gasteiger partial charge in [-0.15, -0.1) is 0 Å². The molecule has 4 heterocycles. The lowest BCUT2D eigenvalue weighted by Crippen LogP contribution is -2.58. The molecule has 0 saturated carbocycles. The molecule has 2 aliphatic rings. The third-order valence-corrected chi connectivity index (χ3v) is 11.2. The van der Waals surface area contributed by atoms with Gasteiger partial charge in [0.2, 0.25) is 6.71 Å². The number of benzene rings is 6. The van der Waals surface area contributed by atoms with Gasteiger partial charge >= 0.3 is 0 Å². The largest absolute Gasteiger partial charge is 0.310 e. The number of rotatable bonds is 3. The second-order valence-corrected chi connectivity index (χ2v) is 15.2. The van der Waals surface area contributed by atoms with Gasteiger partial charge in [-0.2, -0.15) is 0 Å². The van der Waals surface area contributed by atoms with Gasteiger partial charge in [0.1, 0.15) is 0 Å². The average molecular weight is 647 g/mol. The van der Waals surface area contributed by atoms with Crippen molar-refractivity contribution < 1.29 is 0 Å². The maximum atomic E-state index is 5.16. The second-order valence-electron chi connectivity index (χ2n) is 14.1. The molecule has 6 aromatic carbocycles. The number of hydrogen-bond donors (Lipinski definition) is 0. The molecule has 6 heteroatoms. The van der Waals surface area contributed by atoms with Crippen LogP contribution in [-0.4, -0.2) is 26.2 Å². The summed E-state index contributed by atoms with van der Waals surface area (Å²) in [6.45, 7) is 7.03. The Labute approximate surface area is 290 Å². The zero-order valence-corrected chi connectivity index (χ0v) is 28.3. The summed E-state index contributed by atoms with van der Waals surface area (Å²) in [5.41, 5.74) is 12.1. The summed E-state index contributed by atoms with van der Waals surface area (Å²) in [5, 5.41) is 2.45. The summed E-state index contributed by atoms with van der Waals surface area (Å²) in [7, 11) is 0. The van der Waals surface area contributed by atoms with Gasteiger partial charge in [0.25, 0.3) is 0 Å². The number of hydrogen-bond acceptors (Lipinski definition) is 4. The predicted molar refractivity (Wildman–Crippen MR) is 204 cm³/mol. The highest BCUT2D eigenvalue weighted by molar-refractivity contribution is 8.00. The first-order valence-electron chi connectivity index (χ1n) is 16.8. The molecule has 232 valence electrons. The fraction of sp³-hybridized carbons (Fsp3) is 0.0930. The molecule has 0 atom stereocenters. The Hall–Kier alpha value is -5.46. The molecule has 8 aromatic rings. The van der Waals surface area contributed by atoms with E-state index in [1.807, 2.05) is 48.2 Å². The molecule has 0 aliphatic carbocycles. The zero-order chi connectivity index (χ0) is 32.9. The van der Waals surface area contributed by atoms with E-state index < -0.39 is 0 Å². The van der Waals surface area contributed by atoms with Crippen molar-refractivity contribution in [2.24, 2.45) is 0 Å². The minimum Gasteiger partial charge on any atom is -0.310 e. The molecule has 0 radical (unpaired) electrons. The first kappa shape index (κ1) is 28.5. The van der Waals surface area contributed by atoms with E-state index in [1.165, 1.54) is 59.2 Å². The Morgan fingerprint density at radius 3 is 1.86 bits per heavy atom. The normalized spacial score (nSPS) is 13.1. The Balaban J connectivity index is 1.32. The summed E-state index contributed by atoms with van der Waals surface area (Å²) in [6.07, 6.45) is 0. The molecule has 4 nitrogen and oxygen atoms in total. The standard InChI is InChI=1S/C43H31BN4S/c1-43(2,3)29-24-35-38-37(25-29)49-36-21-13-11-19-32(36)44(38)33-23-28(22-31-30-18-10-12-20-34(30)48(35)39(31)33)42-46-40(26-14-6-4-7-15-26)45-41(47-42)27-16-8-5-9-17-27/h4-25H,1-3H3. The van der Waals surface area contributed by atoms with Gasteiger partial charge in [0.15, 0.2) is 17.5 Å². The molecule has 0 amide bonds. The van der Waals surface area contributed by atoms with Gasteiger partial charge in [-0.25, -0.2) is 15.0 Å². The molecule has 2 aromatic heterocycles. The zero-order valence-electron chi connectivity index (χ0n) is 27.5. The first-order chi connectivity index (χ1) is 23.9. The number of para-hydroxylation sites is 1. The number of nitrogens with zero attached hydrogens (tertiary/aromatic N) is 4. The van der Waals surface area contributed by atoms with Gasteiger partial charge in [0.05, 0.1) is 5.52 Å². The lowest BCUT2D eigenvalue weighted by Gasteiger charge is -2.35. The average Bonchev–Trinajstić information content (AvgIpc) is 3.48. The predicted octanol–water partition coefficient (Wildman–Crippen LogP) is 8.56. The van der Waals surface area contributed by atoms with Crippen LogP contribution in [0.15, 0.2) is 143 Å². The maximum absolute atomic E-state index is 5.16. The smallest absolute Gasteiger partial charge is 0.249 e. The van der Waals surface area contributed by atoms with E-state index in [2.05, 4.69) is 122 Å². The molecule has 0 N–H and O–H groups in total. The Morgan fingerprint density at radius 2 is 1.16 bits per heavy atom. The highest BCUT2D eigenvalue weighted by Crippen LogP contribution is 2.41. The van der Waals surface area contributed by atoms with E-state index in [4.69, 9.17) is 15.0 Å². The Bertz CT molecular complexity index is 2570. The van der Waals surface area contributed by atoms with Crippen molar-refractivity contribution in [2.45, 2.75) is 36.0 Å². The summed E-state index contributed by atoms with van der Waals surface area (Å²) in [4.78, 5) is 18.0. The second kappa shape index (κ2) is 10.5. The van der Waals surface area contributed by atoms with Crippen molar-refractivity contribution in [3.63, 3.8) is 0 Å². The van der Waals surface area contributed by atoms with E-state index in [0.717, 1.165) is 16.7 Å².